The number of ether oxygens (including phenoxy) is 1. The molecule has 0 spiro atoms. The molecule has 0 bridgehead atoms. The zero-order valence-corrected chi connectivity index (χ0v) is 10.7. The van der Waals surface area contributed by atoms with Gasteiger partial charge in [-0.25, -0.2) is 4.79 Å². The van der Waals surface area contributed by atoms with Gasteiger partial charge in [0, 0.05) is 0 Å². The summed E-state index contributed by atoms with van der Waals surface area (Å²) in [5.74, 6) is -0.0710. The fraction of sp³-hybridized carbons (Fsp3) is 0.800. The molecule has 1 fully saturated rings. The van der Waals surface area contributed by atoms with Crippen molar-refractivity contribution >= 4 is 24.3 Å². The monoisotopic (exact) mass is 250 g/mol. The lowest BCUT2D eigenvalue weighted by Crippen LogP contribution is -2.42. The number of nitrogens with zero attached hydrogens (tertiary/aromatic N) is 1. The van der Waals surface area contributed by atoms with Gasteiger partial charge < -0.3 is 9.64 Å². The van der Waals surface area contributed by atoms with E-state index in [4.69, 9.17) is 4.74 Å². The Kier molecular flexibility index (Phi) is 6.36. The normalized spacial score (nSPS) is 17.2. The maximum atomic E-state index is 11.5. The SMILES string of the molecule is CC(C)COC(=O)C(C)N1CNCC1=O.Cl. The fourth-order valence-corrected chi connectivity index (χ4v) is 1.32. The van der Waals surface area contributed by atoms with Crippen LogP contribution in [-0.2, 0) is 14.3 Å². The third kappa shape index (κ3) is 3.98. The first-order valence-corrected chi connectivity index (χ1v) is 5.19. The van der Waals surface area contributed by atoms with Crippen molar-refractivity contribution in [3.8, 4) is 0 Å². The molecule has 1 N–H and O–H groups in total. The van der Waals surface area contributed by atoms with Crippen LogP contribution in [-0.4, -0.2) is 42.6 Å². The highest BCUT2D eigenvalue weighted by Gasteiger charge is 2.30. The Morgan fingerprint density at radius 3 is 2.56 bits per heavy atom. The van der Waals surface area contributed by atoms with E-state index in [0.717, 1.165) is 0 Å². The molecule has 1 amide bonds. The summed E-state index contributed by atoms with van der Waals surface area (Å²) in [6.45, 7) is 6.77. The van der Waals surface area contributed by atoms with Crippen LogP contribution in [0.1, 0.15) is 20.8 Å². The first kappa shape index (κ1) is 15.2. The van der Waals surface area contributed by atoms with Gasteiger partial charge in [-0.15, -0.1) is 12.4 Å². The zero-order chi connectivity index (χ0) is 11.4. The van der Waals surface area contributed by atoms with Gasteiger partial charge in [0.15, 0.2) is 0 Å². The highest BCUT2D eigenvalue weighted by molar-refractivity contribution is 5.86. The molecule has 5 nitrogen and oxygen atoms in total. The summed E-state index contributed by atoms with van der Waals surface area (Å²) in [5, 5.41) is 2.89. The molecule has 0 aromatic heterocycles. The topological polar surface area (TPSA) is 58.6 Å². The van der Waals surface area contributed by atoms with E-state index in [1.807, 2.05) is 13.8 Å². The number of hydrogen-bond donors (Lipinski definition) is 1. The van der Waals surface area contributed by atoms with Crippen molar-refractivity contribution in [1.29, 1.82) is 0 Å². The van der Waals surface area contributed by atoms with E-state index < -0.39 is 6.04 Å². The summed E-state index contributed by atoms with van der Waals surface area (Å²) in [4.78, 5) is 24.3. The van der Waals surface area contributed by atoms with Crippen LogP contribution < -0.4 is 5.32 Å². The maximum absolute atomic E-state index is 11.5. The molecule has 0 aliphatic carbocycles. The molecule has 1 rings (SSSR count). The summed E-state index contributed by atoms with van der Waals surface area (Å²) in [7, 11) is 0. The number of hydrogen-bond acceptors (Lipinski definition) is 4. The van der Waals surface area contributed by atoms with E-state index >= 15 is 0 Å². The molecule has 1 atom stereocenters. The van der Waals surface area contributed by atoms with Crippen LogP contribution in [0.5, 0.6) is 0 Å². The quantitative estimate of drug-likeness (QED) is 0.734. The fourth-order valence-electron chi connectivity index (χ4n) is 1.32. The van der Waals surface area contributed by atoms with Gasteiger partial charge in [0.2, 0.25) is 5.91 Å². The van der Waals surface area contributed by atoms with Gasteiger partial charge in [-0.3, -0.25) is 10.1 Å². The third-order valence-corrected chi connectivity index (χ3v) is 2.25. The minimum absolute atomic E-state index is 0. The van der Waals surface area contributed by atoms with Crippen molar-refractivity contribution < 1.29 is 14.3 Å². The molecule has 1 heterocycles. The number of carbonyl (C=O) groups excluding carboxylic acids is 2. The molecule has 1 unspecified atom stereocenters. The summed E-state index contributed by atoms with van der Waals surface area (Å²) in [5.41, 5.74) is 0. The van der Waals surface area contributed by atoms with Crippen molar-refractivity contribution in [2.45, 2.75) is 26.8 Å². The maximum Gasteiger partial charge on any atom is 0.328 e. The number of halogens is 1. The van der Waals surface area contributed by atoms with Crippen LogP contribution in [0.15, 0.2) is 0 Å². The molecule has 6 heteroatoms. The van der Waals surface area contributed by atoms with Crippen LogP contribution in [0, 0.1) is 5.92 Å². The largest absolute Gasteiger partial charge is 0.464 e. The Balaban J connectivity index is 0.00000225. The van der Waals surface area contributed by atoms with Crippen molar-refractivity contribution in [3.05, 3.63) is 0 Å². The zero-order valence-electron chi connectivity index (χ0n) is 9.86. The Labute approximate surface area is 102 Å². The van der Waals surface area contributed by atoms with Crippen LogP contribution in [0.25, 0.3) is 0 Å². The van der Waals surface area contributed by atoms with E-state index in [1.165, 1.54) is 4.90 Å². The molecule has 0 aromatic carbocycles. The van der Waals surface area contributed by atoms with Crippen molar-refractivity contribution in [3.63, 3.8) is 0 Å². The van der Waals surface area contributed by atoms with Crippen LogP contribution in [0.3, 0.4) is 0 Å². The molecule has 94 valence electrons. The molecule has 1 aliphatic rings. The average Bonchev–Trinajstić information content (AvgIpc) is 2.59. The van der Waals surface area contributed by atoms with Gasteiger partial charge in [0.25, 0.3) is 0 Å². The predicted octanol–water partition coefficient (Wildman–Crippen LogP) is 0.385. The van der Waals surface area contributed by atoms with Gasteiger partial charge >= 0.3 is 5.97 Å². The van der Waals surface area contributed by atoms with Crippen LogP contribution in [0.2, 0.25) is 0 Å². The average molecular weight is 251 g/mol. The Bertz CT molecular complexity index is 258. The molecule has 1 saturated heterocycles. The van der Waals surface area contributed by atoms with Gasteiger partial charge in [0.1, 0.15) is 6.04 Å². The summed E-state index contributed by atoms with van der Waals surface area (Å²) >= 11 is 0. The highest BCUT2D eigenvalue weighted by Crippen LogP contribution is 2.06. The van der Waals surface area contributed by atoms with E-state index in [2.05, 4.69) is 5.32 Å². The first-order valence-electron chi connectivity index (χ1n) is 5.19. The van der Waals surface area contributed by atoms with Crippen LogP contribution in [0.4, 0.5) is 0 Å². The molecular weight excluding hydrogens is 232 g/mol. The van der Waals surface area contributed by atoms with Crippen molar-refractivity contribution in [2.75, 3.05) is 19.8 Å². The van der Waals surface area contributed by atoms with Gasteiger partial charge in [0.05, 0.1) is 19.8 Å². The van der Waals surface area contributed by atoms with Gasteiger partial charge in [-0.05, 0) is 12.8 Å². The second-order valence-corrected chi connectivity index (χ2v) is 4.15. The summed E-state index contributed by atoms with van der Waals surface area (Å²) in [6.07, 6.45) is 0. The standard InChI is InChI=1S/C10H18N2O3.ClH/c1-7(2)5-15-10(14)8(3)12-6-11-4-9(12)13;/h7-8,11H,4-6H2,1-3H3;1H. The molecule has 1 aliphatic heterocycles. The number of nitrogens with one attached hydrogen (secondary N) is 1. The lowest BCUT2D eigenvalue weighted by Gasteiger charge is -2.22. The van der Waals surface area contributed by atoms with Gasteiger partial charge in [-0.2, -0.15) is 0 Å². The Morgan fingerprint density at radius 1 is 1.50 bits per heavy atom. The van der Waals surface area contributed by atoms with Gasteiger partial charge in [-0.1, -0.05) is 13.8 Å². The number of carbonyl (C=O) groups is 2. The third-order valence-electron chi connectivity index (χ3n) is 2.25. The number of esters is 1. The molecule has 0 saturated carbocycles. The number of amides is 1. The second-order valence-electron chi connectivity index (χ2n) is 4.15. The summed E-state index contributed by atoms with van der Waals surface area (Å²) < 4.78 is 5.07. The minimum Gasteiger partial charge on any atom is -0.464 e. The second kappa shape index (κ2) is 6.70. The lowest BCUT2D eigenvalue weighted by molar-refractivity contribution is -0.153. The van der Waals surface area contributed by atoms with E-state index in [-0.39, 0.29) is 24.3 Å². The van der Waals surface area contributed by atoms with E-state index in [1.54, 1.807) is 6.92 Å². The predicted molar refractivity (Wildman–Crippen MR) is 62.2 cm³/mol. The first-order chi connectivity index (χ1) is 7.02. The Hall–Kier alpha value is -0.810. The highest BCUT2D eigenvalue weighted by atomic mass is 35.5. The molecule has 16 heavy (non-hydrogen) atoms. The lowest BCUT2D eigenvalue weighted by atomic mass is 10.2. The van der Waals surface area contributed by atoms with E-state index in [9.17, 15) is 9.59 Å². The van der Waals surface area contributed by atoms with Crippen molar-refractivity contribution in [1.82, 2.24) is 10.2 Å². The number of rotatable bonds is 4. The smallest absolute Gasteiger partial charge is 0.328 e. The Morgan fingerprint density at radius 2 is 2.12 bits per heavy atom. The minimum atomic E-state index is -0.494. The van der Waals surface area contributed by atoms with Crippen molar-refractivity contribution in [2.24, 2.45) is 5.92 Å². The van der Waals surface area contributed by atoms with E-state index in [0.29, 0.717) is 25.7 Å². The molecular formula is C10H19ClN2O3. The summed E-state index contributed by atoms with van der Waals surface area (Å²) in [6, 6.07) is -0.494. The molecule has 0 radical (unpaired) electrons. The molecule has 0 aromatic rings. The van der Waals surface area contributed by atoms with Crippen LogP contribution >= 0.6 is 12.4 Å².